The summed E-state index contributed by atoms with van der Waals surface area (Å²) >= 11 is 1.40. The van der Waals surface area contributed by atoms with Crippen LogP contribution in [0, 0.1) is 0 Å². The van der Waals surface area contributed by atoms with Crippen LogP contribution in [0.15, 0.2) is 24.3 Å². The second-order valence-electron chi connectivity index (χ2n) is 4.60. The van der Waals surface area contributed by atoms with Gasteiger partial charge in [-0.2, -0.15) is 0 Å². The Morgan fingerprint density at radius 1 is 1.45 bits per heavy atom. The van der Waals surface area contributed by atoms with Crippen molar-refractivity contribution in [1.29, 1.82) is 0 Å². The predicted octanol–water partition coefficient (Wildman–Crippen LogP) is 1.12. The first-order valence-corrected chi connectivity index (χ1v) is 7.09. The number of carbonyl (C=O) groups is 1. The SMILES string of the molecule is Cl.O=C(c1nc2ccccc2s1)N1CCNCC(O)C1. The van der Waals surface area contributed by atoms with Crippen LogP contribution >= 0.6 is 23.7 Å². The summed E-state index contributed by atoms with van der Waals surface area (Å²) in [6.45, 7) is 2.20. The number of benzene rings is 1. The summed E-state index contributed by atoms with van der Waals surface area (Å²) in [4.78, 5) is 18.4. The number of β-amino-alcohol motifs (C(OH)–C–C–N with tert-alkyl or cyclic N) is 1. The van der Waals surface area contributed by atoms with Crippen LogP contribution in [0.5, 0.6) is 0 Å². The number of fused-ring (bicyclic) bond motifs is 1. The molecule has 2 heterocycles. The minimum atomic E-state index is -0.513. The number of nitrogens with zero attached hydrogens (tertiary/aromatic N) is 2. The molecule has 1 aliphatic heterocycles. The molecule has 1 atom stereocenters. The molecule has 0 radical (unpaired) electrons. The van der Waals surface area contributed by atoms with Gasteiger partial charge in [0.1, 0.15) is 0 Å². The normalized spacial score (nSPS) is 19.4. The lowest BCUT2D eigenvalue weighted by Gasteiger charge is -2.20. The van der Waals surface area contributed by atoms with Gasteiger partial charge in [0.2, 0.25) is 0 Å². The van der Waals surface area contributed by atoms with Crippen molar-refractivity contribution in [1.82, 2.24) is 15.2 Å². The third-order valence-electron chi connectivity index (χ3n) is 3.13. The van der Waals surface area contributed by atoms with E-state index < -0.39 is 6.10 Å². The Hall–Kier alpha value is -1.21. The zero-order chi connectivity index (χ0) is 13.2. The van der Waals surface area contributed by atoms with Crippen molar-refractivity contribution in [2.75, 3.05) is 26.2 Å². The first-order chi connectivity index (χ1) is 9.24. The first kappa shape index (κ1) is 15.2. The van der Waals surface area contributed by atoms with E-state index in [4.69, 9.17) is 0 Å². The summed E-state index contributed by atoms with van der Waals surface area (Å²) in [5, 5.41) is 13.3. The van der Waals surface area contributed by atoms with Crippen molar-refractivity contribution >= 4 is 39.9 Å². The second-order valence-corrected chi connectivity index (χ2v) is 5.63. The smallest absolute Gasteiger partial charge is 0.283 e. The molecule has 1 saturated heterocycles. The van der Waals surface area contributed by atoms with Crippen LogP contribution in [0.4, 0.5) is 0 Å². The molecule has 20 heavy (non-hydrogen) atoms. The Morgan fingerprint density at radius 2 is 2.25 bits per heavy atom. The van der Waals surface area contributed by atoms with Gasteiger partial charge in [-0.15, -0.1) is 23.7 Å². The number of aromatic nitrogens is 1. The van der Waals surface area contributed by atoms with Crippen LogP contribution in [0.3, 0.4) is 0 Å². The number of nitrogens with one attached hydrogen (secondary N) is 1. The second kappa shape index (κ2) is 6.49. The molecule has 1 aromatic heterocycles. The lowest BCUT2D eigenvalue weighted by molar-refractivity contribution is 0.0673. The van der Waals surface area contributed by atoms with Crippen LogP contribution in [0.1, 0.15) is 9.80 Å². The summed E-state index contributed by atoms with van der Waals surface area (Å²) in [6.07, 6.45) is -0.513. The maximum Gasteiger partial charge on any atom is 0.283 e. The highest BCUT2D eigenvalue weighted by molar-refractivity contribution is 7.20. The highest BCUT2D eigenvalue weighted by atomic mass is 35.5. The summed E-state index contributed by atoms with van der Waals surface area (Å²) in [5.41, 5.74) is 0.851. The number of aliphatic hydroxyl groups excluding tert-OH is 1. The maximum atomic E-state index is 12.4. The number of para-hydroxylation sites is 1. The van der Waals surface area contributed by atoms with Gasteiger partial charge in [-0.3, -0.25) is 4.79 Å². The molecular formula is C13H16ClN3O2S. The van der Waals surface area contributed by atoms with Gasteiger partial charge in [-0.25, -0.2) is 4.98 Å². The number of halogens is 1. The highest BCUT2D eigenvalue weighted by Gasteiger charge is 2.23. The Bertz CT molecular complexity index is 571. The van der Waals surface area contributed by atoms with Gasteiger partial charge in [-0.05, 0) is 12.1 Å². The van der Waals surface area contributed by atoms with Crippen molar-refractivity contribution in [2.24, 2.45) is 0 Å². The number of hydrogen-bond donors (Lipinski definition) is 2. The van der Waals surface area contributed by atoms with Gasteiger partial charge in [-0.1, -0.05) is 12.1 Å². The van der Waals surface area contributed by atoms with E-state index in [2.05, 4.69) is 10.3 Å². The van der Waals surface area contributed by atoms with Gasteiger partial charge >= 0.3 is 0 Å². The van der Waals surface area contributed by atoms with Gasteiger partial charge in [0.25, 0.3) is 5.91 Å². The Kier molecular flexibility index (Phi) is 4.93. The standard InChI is InChI=1S/C13H15N3O2S.ClH/c17-9-7-14-5-6-16(8-9)13(18)12-15-10-3-1-2-4-11(10)19-12;/h1-4,9,14,17H,5-8H2;1H. The molecule has 3 rings (SSSR count). The molecule has 0 bridgehead atoms. The van der Waals surface area contributed by atoms with Crippen molar-refractivity contribution in [2.45, 2.75) is 6.10 Å². The zero-order valence-electron chi connectivity index (χ0n) is 10.8. The number of amides is 1. The Labute approximate surface area is 127 Å². The fraction of sp³-hybridized carbons (Fsp3) is 0.385. The van der Waals surface area contributed by atoms with Gasteiger partial charge in [0, 0.05) is 26.2 Å². The van der Waals surface area contributed by atoms with E-state index in [-0.39, 0.29) is 18.3 Å². The summed E-state index contributed by atoms with van der Waals surface area (Å²) < 4.78 is 1.01. The monoisotopic (exact) mass is 313 g/mol. The number of hydrogen-bond acceptors (Lipinski definition) is 5. The lowest BCUT2D eigenvalue weighted by Crippen LogP contribution is -2.37. The number of carbonyl (C=O) groups excluding carboxylic acids is 1. The molecule has 0 saturated carbocycles. The van der Waals surface area contributed by atoms with E-state index in [1.807, 2.05) is 24.3 Å². The summed E-state index contributed by atoms with van der Waals surface area (Å²) in [7, 11) is 0. The molecule has 1 unspecified atom stereocenters. The van der Waals surface area contributed by atoms with Gasteiger partial charge in [0.15, 0.2) is 5.01 Å². The fourth-order valence-electron chi connectivity index (χ4n) is 2.18. The highest BCUT2D eigenvalue weighted by Crippen LogP contribution is 2.22. The predicted molar refractivity (Wildman–Crippen MR) is 81.6 cm³/mol. The molecule has 1 aliphatic rings. The van der Waals surface area contributed by atoms with Crippen LogP contribution in [-0.2, 0) is 0 Å². The van der Waals surface area contributed by atoms with Crippen molar-refractivity contribution in [3.8, 4) is 0 Å². The van der Waals surface area contributed by atoms with Crippen molar-refractivity contribution in [3.05, 3.63) is 29.3 Å². The molecule has 0 spiro atoms. The number of thiazole rings is 1. The topological polar surface area (TPSA) is 65.5 Å². The molecule has 2 N–H and O–H groups in total. The maximum absolute atomic E-state index is 12.4. The van der Waals surface area contributed by atoms with Crippen LogP contribution in [0.25, 0.3) is 10.2 Å². The van der Waals surface area contributed by atoms with E-state index in [1.54, 1.807) is 4.90 Å². The van der Waals surface area contributed by atoms with Crippen LogP contribution in [0.2, 0.25) is 0 Å². The van der Waals surface area contributed by atoms with Gasteiger partial charge < -0.3 is 15.3 Å². The average molecular weight is 314 g/mol. The molecule has 7 heteroatoms. The quantitative estimate of drug-likeness (QED) is 0.828. The first-order valence-electron chi connectivity index (χ1n) is 6.27. The van der Waals surface area contributed by atoms with Crippen LogP contribution in [-0.4, -0.2) is 53.2 Å². The molecule has 1 fully saturated rings. The molecule has 2 aromatic rings. The van der Waals surface area contributed by atoms with E-state index in [0.29, 0.717) is 31.2 Å². The Balaban J connectivity index is 0.00000147. The van der Waals surface area contributed by atoms with E-state index in [0.717, 1.165) is 10.2 Å². The Morgan fingerprint density at radius 3 is 3.05 bits per heavy atom. The molecule has 0 aliphatic carbocycles. The molecular weight excluding hydrogens is 298 g/mol. The van der Waals surface area contributed by atoms with Crippen molar-refractivity contribution < 1.29 is 9.90 Å². The number of rotatable bonds is 1. The largest absolute Gasteiger partial charge is 0.390 e. The minimum Gasteiger partial charge on any atom is -0.390 e. The third kappa shape index (κ3) is 3.09. The fourth-order valence-corrected chi connectivity index (χ4v) is 3.11. The molecule has 108 valence electrons. The van der Waals surface area contributed by atoms with E-state index in [9.17, 15) is 9.90 Å². The molecule has 5 nitrogen and oxygen atoms in total. The lowest BCUT2D eigenvalue weighted by atomic mass is 10.3. The molecule has 1 aromatic carbocycles. The summed E-state index contributed by atoms with van der Waals surface area (Å²) in [6, 6.07) is 7.72. The minimum absolute atomic E-state index is 0. The third-order valence-corrected chi connectivity index (χ3v) is 4.16. The number of aliphatic hydroxyl groups is 1. The zero-order valence-corrected chi connectivity index (χ0v) is 12.4. The van der Waals surface area contributed by atoms with Crippen molar-refractivity contribution in [3.63, 3.8) is 0 Å². The van der Waals surface area contributed by atoms with Crippen LogP contribution < -0.4 is 5.32 Å². The molecule has 1 amide bonds. The average Bonchev–Trinajstić information content (AvgIpc) is 2.73. The van der Waals surface area contributed by atoms with E-state index in [1.165, 1.54) is 11.3 Å². The van der Waals surface area contributed by atoms with E-state index >= 15 is 0 Å². The van der Waals surface area contributed by atoms with Gasteiger partial charge in [0.05, 0.1) is 16.3 Å². The summed E-state index contributed by atoms with van der Waals surface area (Å²) in [5.74, 6) is -0.0936.